The minimum absolute atomic E-state index is 0.145. The second-order valence-corrected chi connectivity index (χ2v) is 15.7. The van der Waals surface area contributed by atoms with E-state index in [4.69, 9.17) is 4.74 Å². The Kier molecular flexibility index (Phi) is 6.14. The Morgan fingerprint density at radius 3 is 2.84 bits per heavy atom. The molecule has 1 aliphatic heterocycles. The summed E-state index contributed by atoms with van der Waals surface area (Å²) in [6.45, 7) is 2.49. The van der Waals surface area contributed by atoms with Crippen LogP contribution in [0, 0.1) is 0 Å². The van der Waals surface area contributed by atoms with Crippen molar-refractivity contribution in [2.75, 3.05) is 0 Å². The Morgan fingerprint density at radius 1 is 1.42 bits per heavy atom. The van der Waals surface area contributed by atoms with Crippen molar-refractivity contribution < 1.29 is 31.7 Å². The second kappa shape index (κ2) is 7.63. The van der Waals surface area contributed by atoms with E-state index in [1.807, 2.05) is 35.2 Å². The predicted octanol–water partition coefficient (Wildman–Crippen LogP) is 3.99. The Morgan fingerprint density at radius 2 is 2.16 bits per heavy atom. The Labute approximate surface area is 132 Å². The fourth-order valence-electron chi connectivity index (χ4n) is 2.60. The van der Waals surface area contributed by atoms with Crippen molar-refractivity contribution in [3.8, 4) is 0 Å². The Balaban J connectivity index is 1.91. The summed E-state index contributed by atoms with van der Waals surface area (Å²) in [6, 6.07) is 10.6. The first-order valence-electron chi connectivity index (χ1n) is 6.77. The number of hydrogen-bond donors (Lipinski definition) is 0. The van der Waals surface area contributed by atoms with Crippen molar-refractivity contribution in [2.45, 2.75) is 42.4 Å². The molecule has 0 spiro atoms. The van der Waals surface area contributed by atoms with Crippen molar-refractivity contribution in [1.29, 1.82) is 0 Å². The van der Waals surface area contributed by atoms with E-state index in [0.29, 0.717) is 18.7 Å². The number of carbonyl (C=O) groups excluding carboxylic acids is 1. The summed E-state index contributed by atoms with van der Waals surface area (Å²) >= 11 is 2.80. The molecule has 1 aromatic rings. The van der Waals surface area contributed by atoms with Gasteiger partial charge in [-0.1, -0.05) is 0 Å². The Hall–Kier alpha value is -0.0949. The molecule has 19 heavy (non-hydrogen) atoms. The van der Waals surface area contributed by atoms with Gasteiger partial charge in [0.1, 0.15) is 0 Å². The van der Waals surface area contributed by atoms with Gasteiger partial charge in [0, 0.05) is 0 Å². The number of amides is 1. The molecule has 1 amide bonds. The average molecular weight is 513 g/mol. The van der Waals surface area contributed by atoms with Crippen molar-refractivity contribution in [3.05, 3.63) is 35.9 Å². The molecule has 0 aromatic heterocycles. The summed E-state index contributed by atoms with van der Waals surface area (Å²) in [4.78, 5) is 14.2. The molecule has 3 nitrogen and oxygen atoms in total. The average Bonchev–Trinajstić information content (AvgIpc) is 2.79. The van der Waals surface area contributed by atoms with Gasteiger partial charge in [0.15, 0.2) is 0 Å². The molecule has 2 rings (SSSR count). The third kappa shape index (κ3) is 4.18. The van der Waals surface area contributed by atoms with Crippen LogP contribution >= 0.6 is 11.9 Å². The van der Waals surface area contributed by atoms with Crippen LogP contribution in [0.25, 0.3) is 0 Å². The summed E-state index contributed by atoms with van der Waals surface area (Å²) in [5.41, 5.74) is 1.04. The first kappa shape index (κ1) is 15.3. The van der Waals surface area contributed by atoms with Gasteiger partial charge in [-0.15, -0.1) is 0 Å². The van der Waals surface area contributed by atoms with Gasteiger partial charge in [0.2, 0.25) is 0 Å². The minimum atomic E-state index is -0.880. The molecule has 0 aliphatic carbocycles. The monoisotopic (exact) mass is 513 g/mol. The molecule has 2 atom stereocenters. The number of benzene rings is 1. The summed E-state index contributed by atoms with van der Waals surface area (Å²) in [5.74, 6) is 0. The van der Waals surface area contributed by atoms with Gasteiger partial charge < -0.3 is 0 Å². The van der Waals surface area contributed by atoms with Crippen LogP contribution in [0.2, 0.25) is 3.93 Å². The number of nitrogens with zero attached hydrogens (tertiary/aromatic N) is 1. The predicted molar refractivity (Wildman–Crippen MR) is 74.7 cm³/mol. The van der Waals surface area contributed by atoms with Crippen LogP contribution in [0.1, 0.15) is 25.3 Å². The van der Waals surface area contributed by atoms with E-state index in [-0.39, 0.29) is 6.09 Å². The van der Waals surface area contributed by atoms with Gasteiger partial charge in [0.25, 0.3) is 0 Å². The normalized spacial score (nSPS) is 22.1. The van der Waals surface area contributed by atoms with Gasteiger partial charge in [0.05, 0.1) is 0 Å². The number of halogens is 1. The van der Waals surface area contributed by atoms with Crippen LogP contribution < -0.4 is 0 Å². The van der Waals surface area contributed by atoms with E-state index in [2.05, 4.69) is 18.8 Å². The van der Waals surface area contributed by atoms with E-state index in [9.17, 15) is 4.79 Å². The summed E-state index contributed by atoms with van der Waals surface area (Å²) < 4.78 is 6.67. The zero-order valence-corrected chi connectivity index (χ0v) is 18.3. The van der Waals surface area contributed by atoms with Gasteiger partial charge in [-0.2, -0.15) is 0 Å². The van der Waals surface area contributed by atoms with Crippen LogP contribution in [0.15, 0.2) is 30.3 Å². The standard InChI is InChI=1S/C14H18NO2.BrH.Hg/c1-11-8-9-12(2)15(11)14(16)17-10-13-6-4-3-5-7-13;;/h3-7,11-12H,1,8-10H2,2H3;1H;/q;;+1/p-1/t11-,12-;;/m1../s1. The van der Waals surface area contributed by atoms with Crippen LogP contribution in [-0.4, -0.2) is 23.1 Å². The van der Waals surface area contributed by atoms with Gasteiger partial charge in [-0.3, -0.25) is 0 Å². The Bertz CT molecular complexity index is 413. The maximum absolute atomic E-state index is 12.2. The number of rotatable bonds is 4. The first-order valence-corrected chi connectivity index (χ1v) is 22.6. The first-order chi connectivity index (χ1) is 9.22. The third-order valence-electron chi connectivity index (χ3n) is 3.64. The zero-order valence-electron chi connectivity index (χ0n) is 11.2. The summed E-state index contributed by atoms with van der Waals surface area (Å²) in [6.07, 6.45) is 2.09. The molecule has 0 saturated carbocycles. The zero-order chi connectivity index (χ0) is 13.7. The van der Waals surface area contributed by atoms with E-state index in [1.165, 1.54) is 3.93 Å². The number of carbonyl (C=O) groups is 1. The molecule has 100 valence electrons. The number of ether oxygens (including phenoxy) is 1. The number of likely N-dealkylation sites (tertiary alicyclic amines) is 1. The molecule has 0 radical (unpaired) electrons. The molecular formula is C14H18BrHgNO2. The maximum atomic E-state index is 12.2. The molecule has 5 heteroatoms. The molecule has 0 N–H and O–H groups in total. The quantitative estimate of drug-likeness (QED) is 0.571. The molecule has 1 heterocycles. The van der Waals surface area contributed by atoms with Crippen molar-refractivity contribution >= 4 is 18.0 Å². The van der Waals surface area contributed by atoms with E-state index in [0.717, 1.165) is 18.4 Å². The molecule has 0 unspecified atom stereocenters. The molecule has 1 fully saturated rings. The fourth-order valence-corrected chi connectivity index (χ4v) is 10.4. The van der Waals surface area contributed by atoms with Crippen LogP contribution in [0.3, 0.4) is 0 Å². The van der Waals surface area contributed by atoms with Gasteiger partial charge in [-0.05, 0) is 0 Å². The molecule has 1 aliphatic rings. The van der Waals surface area contributed by atoms with Crippen molar-refractivity contribution in [1.82, 2.24) is 4.90 Å². The summed E-state index contributed by atoms with van der Waals surface area (Å²) in [5, 5.41) is 0. The van der Waals surface area contributed by atoms with Gasteiger partial charge in [-0.25, -0.2) is 0 Å². The van der Waals surface area contributed by atoms with Crippen molar-refractivity contribution in [3.63, 3.8) is 0 Å². The van der Waals surface area contributed by atoms with Gasteiger partial charge >= 0.3 is 133 Å². The van der Waals surface area contributed by atoms with E-state index in [1.54, 1.807) is 0 Å². The van der Waals surface area contributed by atoms with E-state index >= 15 is 0 Å². The topological polar surface area (TPSA) is 29.5 Å². The SMILES string of the molecule is C[C@@H]1CC[C@@H]([CH2][Hg][Br])N1C(=O)OCc1ccccc1. The summed E-state index contributed by atoms with van der Waals surface area (Å²) in [7, 11) is 0. The molecule has 1 aromatic carbocycles. The molecule has 1 saturated heterocycles. The number of hydrogen-bond acceptors (Lipinski definition) is 2. The molecular weight excluding hydrogens is 495 g/mol. The van der Waals surface area contributed by atoms with Crippen LogP contribution in [0.4, 0.5) is 4.79 Å². The second-order valence-electron chi connectivity index (χ2n) is 5.01. The van der Waals surface area contributed by atoms with E-state index < -0.39 is 22.1 Å². The molecule has 0 bridgehead atoms. The fraction of sp³-hybridized carbons (Fsp3) is 0.500. The van der Waals surface area contributed by atoms with Crippen LogP contribution in [-0.2, 0) is 33.5 Å². The van der Waals surface area contributed by atoms with Crippen LogP contribution in [0.5, 0.6) is 0 Å². The van der Waals surface area contributed by atoms with Crippen molar-refractivity contribution in [2.24, 2.45) is 0 Å². The third-order valence-corrected chi connectivity index (χ3v) is 11.1.